The molecule has 0 aromatic carbocycles. The van der Waals surface area contributed by atoms with Gasteiger partial charge in [-0.1, -0.05) is 183 Å². The van der Waals surface area contributed by atoms with Crippen LogP contribution in [0, 0.1) is 39.9 Å². The Hall–Kier alpha value is -0.490. The van der Waals surface area contributed by atoms with Gasteiger partial charge in [0.1, 0.15) is 11.3 Å². The molecule has 0 radical (unpaired) electrons. The van der Waals surface area contributed by atoms with Crippen LogP contribution in [0.25, 0.3) is 0 Å². The van der Waals surface area contributed by atoms with Gasteiger partial charge in [0.05, 0.1) is 5.92 Å². The van der Waals surface area contributed by atoms with Gasteiger partial charge in [0.2, 0.25) is 5.92 Å². The molecule has 0 heterocycles. The van der Waals surface area contributed by atoms with Crippen LogP contribution in [0.2, 0.25) is 0 Å². The van der Waals surface area contributed by atoms with Crippen LogP contribution in [0.3, 0.4) is 0 Å². The Kier molecular flexibility index (Phi) is 34.5. The average Bonchev–Trinajstić information content (AvgIpc) is 2.98. The Morgan fingerprint density at radius 2 is 0.815 bits per heavy atom. The van der Waals surface area contributed by atoms with E-state index < -0.39 is 29.4 Å². The second-order valence-electron chi connectivity index (χ2n) is 21.0. The van der Waals surface area contributed by atoms with Gasteiger partial charge < -0.3 is 0 Å². The lowest BCUT2D eigenvalue weighted by Gasteiger charge is -2.35. The zero-order valence-electron chi connectivity index (χ0n) is 40.1. The zero-order valence-corrected chi connectivity index (χ0v) is 40.1. The van der Waals surface area contributed by atoms with E-state index in [1.807, 2.05) is 6.92 Å². The predicted octanol–water partition coefficient (Wildman–Crippen LogP) is 19.2. The number of hydrogen-bond acceptors (Lipinski definition) is 0. The summed E-state index contributed by atoms with van der Waals surface area (Å²) in [7, 11) is 0. The summed E-state index contributed by atoms with van der Waals surface area (Å²) in [5, 5.41) is 0. The molecule has 0 spiro atoms. The lowest BCUT2D eigenvalue weighted by Crippen LogP contribution is -2.37. The molecule has 2 aliphatic carbocycles. The highest BCUT2D eigenvalue weighted by atomic mass is 19.4. The van der Waals surface area contributed by atoms with E-state index in [2.05, 4.69) is 111 Å². The second-order valence-corrected chi connectivity index (χ2v) is 21.0. The number of halogens is 7. The van der Waals surface area contributed by atoms with Crippen LogP contribution >= 0.6 is 0 Å². The van der Waals surface area contributed by atoms with E-state index in [-0.39, 0.29) is 31.1 Å². The molecule has 2 saturated carbocycles. The largest absolute Gasteiger partial charge is 0.391 e. The monoisotopic (exact) mass is 795 g/mol. The zero-order chi connectivity index (χ0) is 44.4. The van der Waals surface area contributed by atoms with Crippen LogP contribution in [0.15, 0.2) is 0 Å². The number of rotatable bonds is 7. The van der Waals surface area contributed by atoms with E-state index >= 15 is 0 Å². The summed E-state index contributed by atoms with van der Waals surface area (Å²) >= 11 is 0. The van der Waals surface area contributed by atoms with Crippen LogP contribution in [0.1, 0.15) is 242 Å². The van der Waals surface area contributed by atoms with Crippen molar-refractivity contribution in [3.8, 4) is 0 Å². The molecule has 0 aromatic heterocycles. The smallest absolute Gasteiger partial charge is 0.244 e. The Balaban J connectivity index is -0.000000177. The van der Waals surface area contributed by atoms with Gasteiger partial charge in [-0.25, -0.2) is 17.6 Å². The molecule has 334 valence electrons. The maximum atomic E-state index is 14.4. The molecule has 54 heavy (non-hydrogen) atoms. The lowest BCUT2D eigenvalue weighted by atomic mass is 9.75. The third kappa shape index (κ3) is 47.7. The maximum absolute atomic E-state index is 14.4. The van der Waals surface area contributed by atoms with E-state index in [4.69, 9.17) is 0 Å². The molecule has 0 aliphatic heterocycles. The molecule has 2 aliphatic rings. The minimum atomic E-state index is -3.99. The lowest BCUT2D eigenvalue weighted by molar-refractivity contribution is -0.170. The Labute approximate surface area is 335 Å². The van der Waals surface area contributed by atoms with Crippen molar-refractivity contribution in [2.24, 2.45) is 39.9 Å². The maximum Gasteiger partial charge on any atom is 0.391 e. The highest BCUT2D eigenvalue weighted by Gasteiger charge is 2.38. The molecule has 7 heteroatoms. The molecule has 0 nitrogen and oxygen atoms in total. The average molecular weight is 795 g/mol. The van der Waals surface area contributed by atoms with Gasteiger partial charge in [0, 0.05) is 12.8 Å². The van der Waals surface area contributed by atoms with Gasteiger partial charge in [-0.15, -0.1) is 0 Å². The third-order valence-corrected chi connectivity index (χ3v) is 9.70. The van der Waals surface area contributed by atoms with Crippen molar-refractivity contribution in [1.29, 1.82) is 0 Å². The number of hydrogen-bond donors (Lipinski definition) is 0. The number of alkyl halides is 7. The summed E-state index contributed by atoms with van der Waals surface area (Å²) in [5.41, 5.74) is -0.245. The Morgan fingerprint density at radius 1 is 0.537 bits per heavy atom. The summed E-state index contributed by atoms with van der Waals surface area (Å²) < 4.78 is 86.4. The quantitative estimate of drug-likeness (QED) is 0.225. The summed E-state index contributed by atoms with van der Waals surface area (Å²) in [6.45, 7) is 43.1. The molecular weight excluding hydrogens is 698 g/mol. The summed E-state index contributed by atoms with van der Waals surface area (Å²) in [4.78, 5) is 0. The van der Waals surface area contributed by atoms with Crippen LogP contribution in [-0.4, -0.2) is 23.4 Å². The molecule has 2 fully saturated rings. The van der Waals surface area contributed by atoms with E-state index in [9.17, 15) is 30.7 Å². The first-order valence-corrected chi connectivity index (χ1v) is 21.7. The minimum absolute atomic E-state index is 0.105. The Morgan fingerprint density at radius 3 is 0.944 bits per heavy atom. The fourth-order valence-corrected chi connectivity index (χ4v) is 5.21. The molecule has 1 unspecified atom stereocenters. The first-order chi connectivity index (χ1) is 23.9. The van der Waals surface area contributed by atoms with Crippen LogP contribution < -0.4 is 0 Å². The van der Waals surface area contributed by atoms with Crippen LogP contribution in [-0.2, 0) is 0 Å². The molecule has 2 rings (SSSR count). The molecular formula is C47H97F7. The van der Waals surface area contributed by atoms with E-state index in [1.54, 1.807) is 13.8 Å². The summed E-state index contributed by atoms with van der Waals surface area (Å²) in [5.74, 6) is -2.51. The van der Waals surface area contributed by atoms with Gasteiger partial charge in [-0.2, -0.15) is 13.2 Å². The van der Waals surface area contributed by atoms with Crippen molar-refractivity contribution in [1.82, 2.24) is 0 Å². The van der Waals surface area contributed by atoms with Gasteiger partial charge in [0.15, 0.2) is 0 Å². The molecule has 0 bridgehead atoms. The van der Waals surface area contributed by atoms with Crippen molar-refractivity contribution >= 4 is 0 Å². The van der Waals surface area contributed by atoms with Gasteiger partial charge in [0.25, 0.3) is 0 Å². The summed E-state index contributed by atoms with van der Waals surface area (Å²) in [6.07, 6.45) is 7.88. The topological polar surface area (TPSA) is 0 Å². The second kappa shape index (κ2) is 29.7. The SMILES string of the molecule is CC(C)(C)C.CC(C)(C)C.CC1(F)CCCCC1.CC1CCC(F)(F)CC1.CCC(C)(C)C.CCC(C)C(F)(F)F.CCC(CC)C(C)(F)C(CC)CC. The highest BCUT2D eigenvalue weighted by Crippen LogP contribution is 2.38. The van der Waals surface area contributed by atoms with Gasteiger partial charge in [-0.3, -0.25) is 0 Å². The van der Waals surface area contributed by atoms with Crippen molar-refractivity contribution < 1.29 is 30.7 Å². The van der Waals surface area contributed by atoms with E-state index in [1.165, 1.54) is 26.7 Å². The van der Waals surface area contributed by atoms with Crippen LogP contribution in [0.4, 0.5) is 30.7 Å². The van der Waals surface area contributed by atoms with Crippen molar-refractivity contribution in [2.75, 3.05) is 0 Å². The molecule has 1 atom stereocenters. The molecule has 0 saturated heterocycles. The standard InChI is InChI=1S/C12H25F.C7H12F2.C7H13F.C6H14.C5H9F3.2C5H12/c1-6-10(7-2)12(5,13)11(8-3)9-4;1-6-2-4-7(8,9)5-3-6;1-7(8)5-3-2-4-6-7;1-5-6(2,3)4;1-3-4(2)5(6,7)8;2*1-5(2,3)4/h10-11H,6-9H2,1-5H3;6H,2-5H2,1H3;2-6H2,1H3;5H2,1-4H3;4H,3H2,1-2H3;2*1-4H3. The van der Waals surface area contributed by atoms with Crippen molar-refractivity contribution in [3.05, 3.63) is 0 Å². The first-order valence-electron chi connectivity index (χ1n) is 21.7. The van der Waals surface area contributed by atoms with Gasteiger partial charge in [-0.05, 0) is 80.0 Å². The molecule has 0 amide bonds. The van der Waals surface area contributed by atoms with E-state index in [0.717, 1.165) is 51.4 Å². The van der Waals surface area contributed by atoms with E-state index in [0.29, 0.717) is 35.0 Å². The third-order valence-electron chi connectivity index (χ3n) is 9.70. The first kappa shape index (κ1) is 62.7. The predicted molar refractivity (Wildman–Crippen MR) is 228 cm³/mol. The van der Waals surface area contributed by atoms with Crippen LogP contribution in [0.5, 0.6) is 0 Å². The van der Waals surface area contributed by atoms with Gasteiger partial charge >= 0.3 is 6.18 Å². The normalized spacial score (nSPS) is 17.9. The fourth-order valence-electron chi connectivity index (χ4n) is 5.21. The molecule has 0 N–H and O–H groups in total. The fraction of sp³-hybridized carbons (Fsp3) is 1.00. The Bertz CT molecular complexity index is 756. The van der Waals surface area contributed by atoms with Crippen molar-refractivity contribution in [2.45, 2.75) is 265 Å². The highest BCUT2D eigenvalue weighted by molar-refractivity contribution is 4.87. The summed E-state index contributed by atoms with van der Waals surface area (Å²) in [6, 6.07) is 0. The minimum Gasteiger partial charge on any atom is -0.244 e. The molecule has 0 aromatic rings. The van der Waals surface area contributed by atoms with Crippen molar-refractivity contribution in [3.63, 3.8) is 0 Å².